The highest BCUT2D eigenvalue weighted by atomic mass is 32.2. The van der Waals surface area contributed by atoms with Crippen LogP contribution < -0.4 is 21.7 Å². The molecule has 0 bridgehead atoms. The van der Waals surface area contributed by atoms with E-state index >= 15 is 0 Å². The van der Waals surface area contributed by atoms with E-state index in [9.17, 15) is 29.1 Å². The quantitative estimate of drug-likeness (QED) is 0.167. The van der Waals surface area contributed by atoms with E-state index in [4.69, 9.17) is 15.9 Å². The number of aliphatic carboxylic acids is 2. The molecule has 0 aliphatic rings. The number of rotatable bonds is 14. The number of carboxylic acid groups (broad SMARTS) is 2. The summed E-state index contributed by atoms with van der Waals surface area (Å²) in [5.74, 6) is -4.49. The highest BCUT2D eigenvalue weighted by molar-refractivity contribution is 7.98. The van der Waals surface area contributed by atoms with Crippen LogP contribution in [0.1, 0.15) is 25.3 Å². The minimum absolute atomic E-state index is 0.0208. The SMILES string of the molecule is CSCCC(N)C(=O)NC(Cc1ccc(O)cc1)C(=O)NC(C)C(=O)NC(CC(=O)O)C(=O)O. The smallest absolute Gasteiger partial charge is 0.326 e. The van der Waals surface area contributed by atoms with Crippen LogP contribution >= 0.6 is 11.8 Å². The average molecular weight is 499 g/mol. The molecule has 12 nitrogen and oxygen atoms in total. The highest BCUT2D eigenvalue weighted by Gasteiger charge is 2.29. The molecule has 0 aliphatic heterocycles. The molecule has 1 aromatic rings. The molecule has 0 radical (unpaired) electrons. The molecule has 4 unspecified atom stereocenters. The maximum atomic E-state index is 12.9. The van der Waals surface area contributed by atoms with Crippen molar-refractivity contribution >= 4 is 41.4 Å². The van der Waals surface area contributed by atoms with Gasteiger partial charge in [0, 0.05) is 6.42 Å². The number of thioether (sulfide) groups is 1. The van der Waals surface area contributed by atoms with Gasteiger partial charge in [-0.25, -0.2) is 4.79 Å². The molecule has 8 N–H and O–H groups in total. The Labute approximate surface area is 200 Å². The van der Waals surface area contributed by atoms with Gasteiger partial charge in [0.1, 0.15) is 23.9 Å². The summed E-state index contributed by atoms with van der Waals surface area (Å²) >= 11 is 1.51. The standard InChI is InChI=1S/C21H30N4O8S/c1-11(18(29)25-16(21(32)33)10-17(27)28)23-20(31)15(9-12-3-5-13(26)6-4-12)24-19(30)14(22)7-8-34-2/h3-6,11,14-16,26H,7-10,22H2,1-2H3,(H,23,31)(H,24,30)(H,25,29)(H,27,28)(H,32,33). The topological polar surface area (TPSA) is 208 Å². The van der Waals surface area contributed by atoms with E-state index in [1.165, 1.54) is 30.8 Å². The Morgan fingerprint density at radius 3 is 2.06 bits per heavy atom. The van der Waals surface area contributed by atoms with E-state index in [1.54, 1.807) is 12.1 Å². The number of phenolic OH excluding ortho intramolecular Hbond substituents is 1. The molecule has 0 heterocycles. The molecule has 0 aliphatic carbocycles. The molecule has 0 fully saturated rings. The molecule has 0 aromatic heterocycles. The normalized spacial score (nSPS) is 14.2. The number of carboxylic acids is 2. The lowest BCUT2D eigenvalue weighted by atomic mass is 10.0. The Hall–Kier alpha value is -3.32. The van der Waals surface area contributed by atoms with E-state index in [0.29, 0.717) is 17.7 Å². The van der Waals surface area contributed by atoms with Crippen molar-refractivity contribution in [3.63, 3.8) is 0 Å². The molecule has 188 valence electrons. The average Bonchev–Trinajstić information content (AvgIpc) is 2.77. The van der Waals surface area contributed by atoms with Gasteiger partial charge >= 0.3 is 11.9 Å². The van der Waals surface area contributed by atoms with Crippen LogP contribution in [0.25, 0.3) is 0 Å². The number of aromatic hydroxyl groups is 1. The summed E-state index contributed by atoms with van der Waals surface area (Å²) in [7, 11) is 0. The van der Waals surface area contributed by atoms with Crippen LogP contribution in [-0.2, 0) is 30.4 Å². The van der Waals surface area contributed by atoms with Gasteiger partial charge in [0.05, 0.1) is 12.5 Å². The third-order valence-electron chi connectivity index (χ3n) is 4.72. The molecular weight excluding hydrogens is 468 g/mol. The molecule has 1 rings (SSSR count). The monoisotopic (exact) mass is 498 g/mol. The minimum atomic E-state index is -1.67. The van der Waals surface area contributed by atoms with Crippen molar-refractivity contribution in [3.05, 3.63) is 29.8 Å². The van der Waals surface area contributed by atoms with Crippen molar-refractivity contribution in [2.24, 2.45) is 5.73 Å². The largest absolute Gasteiger partial charge is 0.508 e. The summed E-state index contributed by atoms with van der Waals surface area (Å²) in [5.41, 5.74) is 6.49. The second kappa shape index (κ2) is 14.1. The Kier molecular flexibility index (Phi) is 11.9. The van der Waals surface area contributed by atoms with Crippen LogP contribution in [0.2, 0.25) is 0 Å². The fourth-order valence-electron chi connectivity index (χ4n) is 2.78. The zero-order chi connectivity index (χ0) is 25.8. The molecule has 13 heteroatoms. The predicted molar refractivity (Wildman–Crippen MR) is 124 cm³/mol. The molecular formula is C21H30N4O8S. The lowest BCUT2D eigenvalue weighted by Crippen LogP contribution is -2.57. The Morgan fingerprint density at radius 2 is 1.53 bits per heavy atom. The van der Waals surface area contributed by atoms with Gasteiger partial charge in [0.15, 0.2) is 0 Å². The van der Waals surface area contributed by atoms with E-state index in [-0.39, 0.29) is 12.2 Å². The number of benzene rings is 1. The maximum Gasteiger partial charge on any atom is 0.326 e. The predicted octanol–water partition coefficient (Wildman–Crippen LogP) is -0.951. The van der Waals surface area contributed by atoms with Crippen molar-refractivity contribution in [3.8, 4) is 5.75 Å². The first-order valence-corrected chi connectivity index (χ1v) is 11.7. The molecule has 4 atom stereocenters. The van der Waals surface area contributed by atoms with Crippen LogP contribution in [0, 0.1) is 0 Å². The van der Waals surface area contributed by atoms with Crippen molar-refractivity contribution in [2.75, 3.05) is 12.0 Å². The Balaban J connectivity index is 2.92. The lowest BCUT2D eigenvalue weighted by molar-refractivity contribution is -0.147. The van der Waals surface area contributed by atoms with Crippen molar-refractivity contribution in [2.45, 2.75) is 50.4 Å². The minimum Gasteiger partial charge on any atom is -0.508 e. The second-order valence-electron chi connectivity index (χ2n) is 7.55. The van der Waals surface area contributed by atoms with Gasteiger partial charge in [0.2, 0.25) is 17.7 Å². The Morgan fingerprint density at radius 1 is 0.941 bits per heavy atom. The summed E-state index contributed by atoms with van der Waals surface area (Å²) in [6.45, 7) is 1.29. The third-order valence-corrected chi connectivity index (χ3v) is 5.37. The van der Waals surface area contributed by atoms with Gasteiger partial charge in [-0.1, -0.05) is 12.1 Å². The Bertz CT molecular complexity index is 880. The van der Waals surface area contributed by atoms with Crippen molar-refractivity contribution in [1.29, 1.82) is 0 Å². The number of hydrogen-bond donors (Lipinski definition) is 7. The summed E-state index contributed by atoms with van der Waals surface area (Å²) in [6, 6.07) is 1.09. The molecule has 0 spiro atoms. The highest BCUT2D eigenvalue weighted by Crippen LogP contribution is 2.12. The van der Waals surface area contributed by atoms with Gasteiger partial charge in [-0.15, -0.1) is 0 Å². The summed E-state index contributed by atoms with van der Waals surface area (Å²) in [4.78, 5) is 59.7. The summed E-state index contributed by atoms with van der Waals surface area (Å²) in [5, 5.41) is 34.3. The molecule has 34 heavy (non-hydrogen) atoms. The van der Waals surface area contributed by atoms with Crippen LogP contribution in [0.15, 0.2) is 24.3 Å². The van der Waals surface area contributed by atoms with Gasteiger partial charge in [-0.3, -0.25) is 19.2 Å². The van der Waals surface area contributed by atoms with E-state index in [0.717, 1.165) is 0 Å². The van der Waals surface area contributed by atoms with Crippen molar-refractivity contribution in [1.82, 2.24) is 16.0 Å². The van der Waals surface area contributed by atoms with Gasteiger partial charge < -0.3 is 37.0 Å². The summed E-state index contributed by atoms with van der Waals surface area (Å²) < 4.78 is 0. The van der Waals surface area contributed by atoms with Gasteiger partial charge in [0.25, 0.3) is 0 Å². The molecule has 0 saturated heterocycles. The molecule has 3 amide bonds. The first-order chi connectivity index (χ1) is 15.9. The molecule has 0 saturated carbocycles. The van der Waals surface area contributed by atoms with Gasteiger partial charge in [-0.2, -0.15) is 11.8 Å². The fraction of sp³-hybridized carbons (Fsp3) is 0.476. The maximum absolute atomic E-state index is 12.9. The third kappa shape index (κ3) is 10.1. The van der Waals surface area contributed by atoms with Crippen LogP contribution in [-0.4, -0.2) is 81.2 Å². The second-order valence-corrected chi connectivity index (χ2v) is 8.53. The molecule has 1 aromatic carbocycles. The van der Waals surface area contributed by atoms with Crippen LogP contribution in [0.4, 0.5) is 0 Å². The van der Waals surface area contributed by atoms with E-state index in [2.05, 4.69) is 16.0 Å². The number of carbonyl (C=O) groups excluding carboxylic acids is 3. The fourth-order valence-corrected chi connectivity index (χ4v) is 3.27. The van der Waals surface area contributed by atoms with Gasteiger partial charge in [-0.05, 0) is 43.0 Å². The van der Waals surface area contributed by atoms with Crippen LogP contribution in [0.3, 0.4) is 0 Å². The van der Waals surface area contributed by atoms with Crippen molar-refractivity contribution < 1.29 is 39.3 Å². The zero-order valence-electron chi connectivity index (χ0n) is 18.8. The number of amides is 3. The zero-order valence-corrected chi connectivity index (χ0v) is 19.6. The number of carbonyl (C=O) groups is 5. The number of nitrogens with one attached hydrogen (secondary N) is 3. The first-order valence-electron chi connectivity index (χ1n) is 10.3. The van der Waals surface area contributed by atoms with E-state index < -0.39 is 60.2 Å². The van der Waals surface area contributed by atoms with Crippen LogP contribution in [0.5, 0.6) is 5.75 Å². The van der Waals surface area contributed by atoms with E-state index in [1.807, 2.05) is 6.26 Å². The number of hydrogen-bond acceptors (Lipinski definition) is 8. The number of nitrogens with two attached hydrogens (primary N) is 1. The summed E-state index contributed by atoms with van der Waals surface area (Å²) in [6.07, 6.45) is 1.44. The number of phenols is 1. The first kappa shape index (κ1) is 28.7. The lowest BCUT2D eigenvalue weighted by Gasteiger charge is -2.23.